The van der Waals surface area contributed by atoms with Crippen molar-refractivity contribution in [2.24, 2.45) is 0 Å². The third kappa shape index (κ3) is 3.84. The Kier molecular flexibility index (Phi) is 5.50. The number of fused-ring (bicyclic) bond motifs is 1. The number of hydrogen-bond donors (Lipinski definition) is 1. The van der Waals surface area contributed by atoms with Crippen LogP contribution in [0.5, 0.6) is 0 Å². The van der Waals surface area contributed by atoms with Crippen molar-refractivity contribution in [1.29, 1.82) is 0 Å². The van der Waals surface area contributed by atoms with Gasteiger partial charge in [0.15, 0.2) is 0 Å². The SMILES string of the molecule is O=C(Nc1c(Cl)cc(Cl)cc1-c1nc2ccccc2s1)c1ccc(Cl)c(Cl)c1. The number of rotatable bonds is 3. The number of nitrogens with zero attached hydrogens (tertiary/aromatic N) is 1. The van der Waals surface area contributed by atoms with Crippen molar-refractivity contribution in [3.05, 3.63) is 80.3 Å². The van der Waals surface area contributed by atoms with Gasteiger partial charge in [-0.05, 0) is 42.5 Å². The highest BCUT2D eigenvalue weighted by molar-refractivity contribution is 7.21. The fourth-order valence-corrected chi connectivity index (χ4v) is 4.51. The van der Waals surface area contributed by atoms with Gasteiger partial charge in [0.25, 0.3) is 5.91 Å². The summed E-state index contributed by atoms with van der Waals surface area (Å²) in [5.74, 6) is -0.370. The summed E-state index contributed by atoms with van der Waals surface area (Å²) < 4.78 is 1.02. The first-order valence-electron chi connectivity index (χ1n) is 8.04. The van der Waals surface area contributed by atoms with E-state index in [1.54, 1.807) is 24.3 Å². The van der Waals surface area contributed by atoms with E-state index < -0.39 is 0 Å². The van der Waals surface area contributed by atoms with Crippen LogP contribution in [-0.4, -0.2) is 10.9 Å². The molecule has 8 heteroatoms. The molecule has 1 N–H and O–H groups in total. The molecule has 0 radical (unpaired) electrons. The van der Waals surface area contributed by atoms with Gasteiger partial charge in [0.05, 0.1) is 31.0 Å². The fourth-order valence-electron chi connectivity index (χ4n) is 2.68. The Morgan fingerprint density at radius 1 is 0.893 bits per heavy atom. The Morgan fingerprint density at radius 3 is 2.43 bits per heavy atom. The molecule has 0 atom stereocenters. The van der Waals surface area contributed by atoms with Crippen LogP contribution >= 0.6 is 57.7 Å². The second-order valence-corrected chi connectivity index (χ2v) is 8.57. The van der Waals surface area contributed by atoms with E-state index in [9.17, 15) is 4.79 Å². The van der Waals surface area contributed by atoms with Crippen LogP contribution in [0, 0.1) is 0 Å². The van der Waals surface area contributed by atoms with Gasteiger partial charge in [-0.15, -0.1) is 11.3 Å². The van der Waals surface area contributed by atoms with E-state index in [0.29, 0.717) is 41.9 Å². The van der Waals surface area contributed by atoms with Crippen LogP contribution in [0.25, 0.3) is 20.8 Å². The molecular formula is C20H10Cl4N2OS. The number of anilines is 1. The van der Waals surface area contributed by atoms with Crippen LogP contribution < -0.4 is 5.32 Å². The minimum Gasteiger partial charge on any atom is -0.320 e. The summed E-state index contributed by atoms with van der Waals surface area (Å²) >= 11 is 26.1. The third-order valence-corrected chi connectivity index (χ3v) is 6.32. The lowest BCUT2D eigenvalue weighted by molar-refractivity contribution is 0.102. The predicted octanol–water partition coefficient (Wildman–Crippen LogP) is 7.83. The summed E-state index contributed by atoms with van der Waals surface area (Å²) in [5.41, 5.74) is 2.30. The van der Waals surface area contributed by atoms with Crippen molar-refractivity contribution in [1.82, 2.24) is 4.98 Å². The molecule has 0 fully saturated rings. The fraction of sp³-hybridized carbons (Fsp3) is 0. The zero-order chi connectivity index (χ0) is 19.8. The number of amides is 1. The minimum atomic E-state index is -0.370. The zero-order valence-electron chi connectivity index (χ0n) is 14.0. The number of hydrogen-bond acceptors (Lipinski definition) is 3. The van der Waals surface area contributed by atoms with E-state index in [-0.39, 0.29) is 5.91 Å². The van der Waals surface area contributed by atoms with Crippen molar-refractivity contribution >= 4 is 79.6 Å². The van der Waals surface area contributed by atoms with Crippen molar-refractivity contribution in [3.8, 4) is 10.6 Å². The van der Waals surface area contributed by atoms with Crippen LogP contribution in [0.4, 0.5) is 5.69 Å². The van der Waals surface area contributed by atoms with Gasteiger partial charge in [-0.3, -0.25) is 4.79 Å². The maximum absolute atomic E-state index is 12.7. The molecule has 0 aliphatic carbocycles. The summed E-state index contributed by atoms with van der Waals surface area (Å²) in [6.45, 7) is 0. The third-order valence-electron chi connectivity index (χ3n) is 4.00. The van der Waals surface area contributed by atoms with Gasteiger partial charge < -0.3 is 5.32 Å². The predicted molar refractivity (Wildman–Crippen MR) is 119 cm³/mol. The minimum absolute atomic E-state index is 0.294. The number of thiazole rings is 1. The van der Waals surface area contributed by atoms with Crippen LogP contribution in [0.1, 0.15) is 10.4 Å². The molecule has 4 rings (SSSR count). The zero-order valence-corrected chi connectivity index (χ0v) is 17.8. The summed E-state index contributed by atoms with van der Waals surface area (Å²) in [6, 6.07) is 15.7. The monoisotopic (exact) mass is 466 g/mol. The van der Waals surface area contributed by atoms with Crippen molar-refractivity contribution in [2.45, 2.75) is 0 Å². The van der Waals surface area contributed by atoms with Crippen molar-refractivity contribution < 1.29 is 4.79 Å². The first-order valence-corrected chi connectivity index (χ1v) is 10.4. The number of halogens is 4. The summed E-state index contributed by atoms with van der Waals surface area (Å²) in [6.07, 6.45) is 0. The van der Waals surface area contributed by atoms with E-state index in [1.807, 2.05) is 24.3 Å². The van der Waals surface area contributed by atoms with E-state index >= 15 is 0 Å². The number of nitrogens with one attached hydrogen (secondary N) is 1. The number of aromatic nitrogens is 1. The molecule has 0 saturated heterocycles. The van der Waals surface area contributed by atoms with Crippen LogP contribution in [-0.2, 0) is 0 Å². The van der Waals surface area contributed by atoms with Gasteiger partial charge in [0, 0.05) is 16.1 Å². The Hall–Kier alpha value is -1.82. The first kappa shape index (κ1) is 19.5. The second-order valence-electron chi connectivity index (χ2n) is 5.88. The van der Waals surface area contributed by atoms with Gasteiger partial charge in [-0.25, -0.2) is 4.98 Å². The van der Waals surface area contributed by atoms with E-state index in [0.717, 1.165) is 10.2 Å². The highest BCUT2D eigenvalue weighted by atomic mass is 35.5. The summed E-state index contributed by atoms with van der Waals surface area (Å²) in [7, 11) is 0. The topological polar surface area (TPSA) is 42.0 Å². The molecule has 4 aromatic rings. The molecule has 28 heavy (non-hydrogen) atoms. The summed E-state index contributed by atoms with van der Waals surface area (Å²) in [5, 5.41) is 4.98. The molecule has 0 aliphatic heterocycles. The molecule has 0 saturated carbocycles. The molecule has 3 aromatic carbocycles. The van der Waals surface area contributed by atoms with Gasteiger partial charge in [0.1, 0.15) is 5.01 Å². The lowest BCUT2D eigenvalue weighted by Gasteiger charge is -2.13. The number of carbonyl (C=O) groups is 1. The van der Waals surface area contributed by atoms with Crippen molar-refractivity contribution in [3.63, 3.8) is 0 Å². The number of benzene rings is 3. The first-order chi connectivity index (χ1) is 13.4. The van der Waals surface area contributed by atoms with E-state index in [2.05, 4.69) is 10.3 Å². The van der Waals surface area contributed by atoms with Crippen LogP contribution in [0.3, 0.4) is 0 Å². The molecule has 1 amide bonds. The highest BCUT2D eigenvalue weighted by Gasteiger charge is 2.18. The van der Waals surface area contributed by atoms with Crippen LogP contribution in [0.15, 0.2) is 54.6 Å². The Bertz CT molecular complexity index is 1190. The van der Waals surface area contributed by atoms with Gasteiger partial charge in [-0.2, -0.15) is 0 Å². The average molecular weight is 468 g/mol. The maximum atomic E-state index is 12.7. The van der Waals surface area contributed by atoms with Gasteiger partial charge in [0.2, 0.25) is 0 Å². The molecule has 3 nitrogen and oxygen atoms in total. The standard InChI is InChI=1S/C20H10Cl4N2OS/c21-11-8-12(20-25-16-3-1-2-4-17(16)28-20)18(15(24)9-11)26-19(27)10-5-6-13(22)14(23)7-10/h1-9H,(H,26,27). The average Bonchev–Trinajstić information content (AvgIpc) is 3.09. The van der Waals surface area contributed by atoms with E-state index in [4.69, 9.17) is 46.4 Å². The Morgan fingerprint density at radius 2 is 1.68 bits per heavy atom. The smallest absolute Gasteiger partial charge is 0.255 e. The van der Waals surface area contributed by atoms with Gasteiger partial charge in [-0.1, -0.05) is 58.5 Å². The Balaban J connectivity index is 1.78. The molecule has 0 aliphatic rings. The second kappa shape index (κ2) is 7.90. The molecular weight excluding hydrogens is 458 g/mol. The number of para-hydroxylation sites is 1. The summed E-state index contributed by atoms with van der Waals surface area (Å²) in [4.78, 5) is 17.4. The van der Waals surface area contributed by atoms with Gasteiger partial charge >= 0.3 is 0 Å². The molecule has 140 valence electrons. The maximum Gasteiger partial charge on any atom is 0.255 e. The lowest BCUT2D eigenvalue weighted by Crippen LogP contribution is -2.13. The molecule has 0 unspecified atom stereocenters. The molecule has 1 heterocycles. The normalized spacial score (nSPS) is 11.0. The highest BCUT2D eigenvalue weighted by Crippen LogP contribution is 2.40. The quantitative estimate of drug-likeness (QED) is 0.333. The Labute approximate surface area is 184 Å². The van der Waals surface area contributed by atoms with Crippen LogP contribution in [0.2, 0.25) is 20.1 Å². The molecule has 1 aromatic heterocycles. The molecule has 0 bridgehead atoms. The molecule has 0 spiro atoms. The van der Waals surface area contributed by atoms with Crippen molar-refractivity contribution in [2.75, 3.05) is 5.32 Å². The number of carbonyl (C=O) groups excluding carboxylic acids is 1. The van der Waals surface area contributed by atoms with E-state index in [1.165, 1.54) is 17.4 Å². The lowest BCUT2D eigenvalue weighted by atomic mass is 10.1. The largest absolute Gasteiger partial charge is 0.320 e.